The van der Waals surface area contributed by atoms with Crippen LogP contribution in [0.2, 0.25) is 5.02 Å². The maximum absolute atomic E-state index is 13.4. The molecular formula is C21H20Cl2F3N5. The molecule has 0 amide bonds. The summed E-state index contributed by atoms with van der Waals surface area (Å²) in [6, 6.07) is 6.89. The van der Waals surface area contributed by atoms with Gasteiger partial charge in [-0.2, -0.15) is 18.3 Å². The fraction of sp³-hybridized carbons (Fsp3) is 0.286. The van der Waals surface area contributed by atoms with Crippen LogP contribution < -0.4 is 0 Å². The lowest BCUT2D eigenvalue weighted by molar-refractivity contribution is -0.137. The van der Waals surface area contributed by atoms with Crippen molar-refractivity contribution in [3.63, 3.8) is 0 Å². The normalized spacial score (nSPS) is 12.3. The standard InChI is InChI=1S/C21H19ClF3N5.ClH/c1-20(2,3)18-16(22)17(30(4)29-18)19-27-14-9-13(26-10-15(14)28-19)11-7-5-6-8-12(11)21(23,24)25;/h5-10H,1-4H3,(H,27,28);1H. The third kappa shape index (κ3) is 4.14. The highest BCUT2D eigenvalue weighted by molar-refractivity contribution is 6.33. The maximum atomic E-state index is 13.4. The Labute approximate surface area is 188 Å². The largest absolute Gasteiger partial charge is 0.417 e. The number of hydrogen-bond acceptors (Lipinski definition) is 3. The van der Waals surface area contributed by atoms with Crippen molar-refractivity contribution >= 4 is 35.0 Å². The lowest BCUT2D eigenvalue weighted by Crippen LogP contribution is -2.12. The van der Waals surface area contributed by atoms with Crippen LogP contribution >= 0.6 is 24.0 Å². The van der Waals surface area contributed by atoms with Crippen molar-refractivity contribution in [1.82, 2.24) is 24.7 Å². The van der Waals surface area contributed by atoms with Gasteiger partial charge >= 0.3 is 6.18 Å². The number of hydrogen-bond donors (Lipinski definition) is 1. The second kappa shape index (κ2) is 7.84. The molecule has 5 nitrogen and oxygen atoms in total. The Balaban J connectivity index is 0.00000272. The van der Waals surface area contributed by atoms with Gasteiger partial charge in [0.05, 0.1) is 39.2 Å². The molecule has 0 atom stereocenters. The fourth-order valence-electron chi connectivity index (χ4n) is 3.36. The molecule has 164 valence electrons. The number of nitrogens with zero attached hydrogens (tertiary/aromatic N) is 4. The Hall–Kier alpha value is -2.58. The average Bonchev–Trinajstić information content (AvgIpc) is 3.20. The summed E-state index contributed by atoms with van der Waals surface area (Å²) in [5.41, 5.74) is 1.63. The molecule has 0 spiro atoms. The SMILES string of the molecule is Cl.Cn1nc(C(C)(C)C)c(Cl)c1-c1nc2cc(-c3ccccc3C(F)(F)F)ncc2[nH]1. The summed E-state index contributed by atoms with van der Waals surface area (Å²) in [6.45, 7) is 6.04. The molecule has 31 heavy (non-hydrogen) atoms. The molecule has 0 bridgehead atoms. The van der Waals surface area contributed by atoms with Crippen LogP contribution in [0.4, 0.5) is 13.2 Å². The molecule has 4 aromatic rings. The summed E-state index contributed by atoms with van der Waals surface area (Å²) in [7, 11) is 1.77. The van der Waals surface area contributed by atoms with Gasteiger partial charge in [0, 0.05) is 18.0 Å². The highest BCUT2D eigenvalue weighted by Crippen LogP contribution is 2.38. The summed E-state index contributed by atoms with van der Waals surface area (Å²) in [5.74, 6) is 0.476. The number of pyridine rings is 1. The lowest BCUT2D eigenvalue weighted by Gasteiger charge is -2.15. The predicted molar refractivity (Wildman–Crippen MR) is 117 cm³/mol. The number of aromatic nitrogens is 5. The minimum Gasteiger partial charge on any atom is -0.335 e. The number of imidazole rings is 1. The Bertz CT molecular complexity index is 1250. The zero-order chi connectivity index (χ0) is 21.8. The third-order valence-electron chi connectivity index (χ3n) is 4.80. The molecule has 0 radical (unpaired) electrons. The molecular weight excluding hydrogens is 450 g/mol. The lowest BCUT2D eigenvalue weighted by atomic mass is 9.92. The van der Waals surface area contributed by atoms with Crippen molar-refractivity contribution in [1.29, 1.82) is 0 Å². The number of nitrogens with one attached hydrogen (secondary N) is 1. The number of halogens is 5. The average molecular weight is 470 g/mol. The molecule has 0 aliphatic rings. The van der Waals surface area contributed by atoms with E-state index in [0.717, 1.165) is 11.8 Å². The second-order valence-corrected chi connectivity index (χ2v) is 8.48. The number of alkyl halides is 3. The topological polar surface area (TPSA) is 59.4 Å². The fourth-order valence-corrected chi connectivity index (χ4v) is 3.89. The number of fused-ring (bicyclic) bond motifs is 1. The first-order chi connectivity index (χ1) is 14.0. The van der Waals surface area contributed by atoms with Gasteiger partial charge in [-0.25, -0.2) is 4.98 Å². The van der Waals surface area contributed by atoms with E-state index >= 15 is 0 Å². The molecule has 0 unspecified atom stereocenters. The number of H-pyrrole nitrogens is 1. The van der Waals surface area contributed by atoms with E-state index in [4.69, 9.17) is 11.6 Å². The summed E-state index contributed by atoms with van der Waals surface area (Å²) in [4.78, 5) is 11.9. The Morgan fingerprint density at radius 1 is 1.10 bits per heavy atom. The predicted octanol–water partition coefficient (Wildman–Crippen LogP) is 6.42. The maximum Gasteiger partial charge on any atom is 0.417 e. The van der Waals surface area contributed by atoms with Crippen molar-refractivity contribution in [3.05, 3.63) is 52.8 Å². The first kappa shape index (κ1) is 23.1. The zero-order valence-electron chi connectivity index (χ0n) is 17.2. The second-order valence-electron chi connectivity index (χ2n) is 8.10. The van der Waals surface area contributed by atoms with Gasteiger partial charge in [0.1, 0.15) is 5.69 Å². The van der Waals surface area contributed by atoms with Gasteiger partial charge in [-0.15, -0.1) is 12.4 Å². The van der Waals surface area contributed by atoms with Gasteiger partial charge in [-0.05, 0) is 12.1 Å². The van der Waals surface area contributed by atoms with Crippen molar-refractivity contribution in [2.24, 2.45) is 7.05 Å². The van der Waals surface area contributed by atoms with Crippen molar-refractivity contribution in [2.45, 2.75) is 32.4 Å². The molecule has 10 heteroatoms. The van der Waals surface area contributed by atoms with Crippen molar-refractivity contribution in [3.8, 4) is 22.8 Å². The number of aryl methyl sites for hydroxylation is 1. The summed E-state index contributed by atoms with van der Waals surface area (Å²) in [6.07, 6.45) is -3.00. The van der Waals surface area contributed by atoms with E-state index in [-0.39, 0.29) is 29.1 Å². The van der Waals surface area contributed by atoms with Gasteiger partial charge < -0.3 is 4.98 Å². The molecule has 4 rings (SSSR count). The van der Waals surface area contributed by atoms with Gasteiger partial charge in [0.25, 0.3) is 0 Å². The highest BCUT2D eigenvalue weighted by Gasteiger charge is 2.33. The van der Waals surface area contributed by atoms with Crippen molar-refractivity contribution in [2.75, 3.05) is 0 Å². The van der Waals surface area contributed by atoms with Gasteiger partial charge in [0.2, 0.25) is 0 Å². The van der Waals surface area contributed by atoms with Crippen LogP contribution in [-0.4, -0.2) is 24.7 Å². The summed E-state index contributed by atoms with van der Waals surface area (Å²) < 4.78 is 41.8. The minimum absolute atomic E-state index is 0. The Morgan fingerprint density at radius 2 is 1.77 bits per heavy atom. The van der Waals surface area contributed by atoms with Crippen molar-refractivity contribution < 1.29 is 13.2 Å². The molecule has 0 saturated carbocycles. The molecule has 0 aliphatic carbocycles. The van der Waals surface area contributed by atoms with E-state index in [9.17, 15) is 13.2 Å². The van der Waals surface area contributed by atoms with Crippen LogP contribution in [0.1, 0.15) is 32.0 Å². The van der Waals surface area contributed by atoms with E-state index in [1.165, 1.54) is 24.4 Å². The number of benzene rings is 1. The number of rotatable bonds is 2. The smallest absolute Gasteiger partial charge is 0.335 e. The monoisotopic (exact) mass is 469 g/mol. The summed E-state index contributed by atoms with van der Waals surface area (Å²) in [5, 5.41) is 5.00. The van der Waals surface area contributed by atoms with E-state index in [0.29, 0.717) is 27.6 Å². The van der Waals surface area contributed by atoms with Gasteiger partial charge in [0.15, 0.2) is 5.82 Å². The Morgan fingerprint density at radius 3 is 2.39 bits per heavy atom. The van der Waals surface area contributed by atoms with Gasteiger partial charge in [-0.1, -0.05) is 50.6 Å². The van der Waals surface area contributed by atoms with Crippen LogP contribution in [0.25, 0.3) is 33.8 Å². The zero-order valence-corrected chi connectivity index (χ0v) is 18.7. The van der Waals surface area contributed by atoms with Crippen LogP contribution in [0.15, 0.2) is 36.5 Å². The first-order valence-corrected chi connectivity index (χ1v) is 9.60. The first-order valence-electron chi connectivity index (χ1n) is 9.22. The summed E-state index contributed by atoms with van der Waals surface area (Å²) >= 11 is 6.59. The van der Waals surface area contributed by atoms with E-state index in [1.807, 2.05) is 20.8 Å². The van der Waals surface area contributed by atoms with Crippen LogP contribution in [0.5, 0.6) is 0 Å². The molecule has 0 aliphatic heterocycles. The molecule has 1 N–H and O–H groups in total. The van der Waals surface area contributed by atoms with E-state index < -0.39 is 11.7 Å². The van der Waals surface area contributed by atoms with E-state index in [1.54, 1.807) is 17.8 Å². The molecule has 0 fully saturated rings. The minimum atomic E-state index is -4.48. The molecule has 3 heterocycles. The quantitative estimate of drug-likeness (QED) is 0.368. The Kier molecular flexibility index (Phi) is 5.84. The third-order valence-corrected chi connectivity index (χ3v) is 5.16. The molecule has 3 aromatic heterocycles. The number of aromatic amines is 1. The van der Waals surface area contributed by atoms with Crippen LogP contribution in [-0.2, 0) is 18.6 Å². The highest BCUT2D eigenvalue weighted by atomic mass is 35.5. The van der Waals surface area contributed by atoms with Crippen LogP contribution in [0.3, 0.4) is 0 Å². The molecule has 0 saturated heterocycles. The van der Waals surface area contributed by atoms with E-state index in [2.05, 4.69) is 20.1 Å². The van der Waals surface area contributed by atoms with Crippen LogP contribution in [0, 0.1) is 0 Å². The van der Waals surface area contributed by atoms with Gasteiger partial charge in [-0.3, -0.25) is 9.67 Å². The molecule has 1 aromatic carbocycles.